The zero-order valence-corrected chi connectivity index (χ0v) is 16.3. The predicted molar refractivity (Wildman–Crippen MR) is 107 cm³/mol. The summed E-state index contributed by atoms with van der Waals surface area (Å²) in [6.45, 7) is 2.60. The molecule has 2 N–H and O–H groups in total. The monoisotopic (exact) mass is 401 g/mol. The highest BCUT2D eigenvalue weighted by Crippen LogP contribution is 2.29. The van der Waals surface area contributed by atoms with Gasteiger partial charge in [0.1, 0.15) is 11.3 Å². The summed E-state index contributed by atoms with van der Waals surface area (Å²) in [5.41, 5.74) is 2.10. The fraction of sp³-hybridized carbons (Fsp3) is 0.238. The van der Waals surface area contributed by atoms with E-state index in [9.17, 15) is 14.7 Å². The largest absolute Gasteiger partial charge is 0.507 e. The molecule has 6 nitrogen and oxygen atoms in total. The summed E-state index contributed by atoms with van der Waals surface area (Å²) >= 11 is 5.89. The number of hydrogen-bond donors (Lipinski definition) is 2. The van der Waals surface area contributed by atoms with E-state index in [2.05, 4.69) is 10.1 Å². The van der Waals surface area contributed by atoms with Crippen molar-refractivity contribution in [2.75, 3.05) is 7.11 Å². The molecular formula is C21H20ClNO5. The van der Waals surface area contributed by atoms with Gasteiger partial charge in [-0.1, -0.05) is 23.7 Å². The molecule has 0 aliphatic heterocycles. The minimum absolute atomic E-state index is 0.0272. The van der Waals surface area contributed by atoms with Crippen LogP contribution in [0.15, 0.2) is 45.6 Å². The number of halogens is 1. The van der Waals surface area contributed by atoms with Crippen molar-refractivity contribution in [1.82, 2.24) is 5.32 Å². The van der Waals surface area contributed by atoms with Crippen LogP contribution >= 0.6 is 11.6 Å². The third kappa shape index (κ3) is 4.18. The van der Waals surface area contributed by atoms with Crippen LogP contribution in [0.1, 0.15) is 22.3 Å². The van der Waals surface area contributed by atoms with Gasteiger partial charge in [-0.2, -0.15) is 0 Å². The van der Waals surface area contributed by atoms with Gasteiger partial charge in [-0.05, 0) is 42.3 Å². The Labute approximate surface area is 166 Å². The van der Waals surface area contributed by atoms with E-state index in [0.29, 0.717) is 40.2 Å². The second-order valence-electron chi connectivity index (χ2n) is 6.42. The number of carbonyl (C=O) groups is 1. The molecule has 0 saturated carbocycles. The molecule has 0 aliphatic carbocycles. The maximum atomic E-state index is 12.4. The summed E-state index contributed by atoms with van der Waals surface area (Å²) in [5.74, 6) is -0.488. The predicted octanol–water partition coefficient (Wildman–Crippen LogP) is 3.47. The maximum Gasteiger partial charge on any atom is 0.340 e. The van der Waals surface area contributed by atoms with Gasteiger partial charge in [-0.3, -0.25) is 4.79 Å². The number of phenols is 1. The molecule has 7 heteroatoms. The van der Waals surface area contributed by atoms with Crippen molar-refractivity contribution < 1.29 is 19.1 Å². The Morgan fingerprint density at radius 1 is 1.14 bits per heavy atom. The van der Waals surface area contributed by atoms with E-state index in [1.54, 1.807) is 31.2 Å². The van der Waals surface area contributed by atoms with Crippen molar-refractivity contribution >= 4 is 28.5 Å². The third-order valence-electron chi connectivity index (χ3n) is 4.63. The molecular weight excluding hydrogens is 382 g/mol. The average Bonchev–Trinajstić information content (AvgIpc) is 2.68. The van der Waals surface area contributed by atoms with Crippen LogP contribution in [0, 0.1) is 6.92 Å². The highest BCUT2D eigenvalue weighted by Gasteiger charge is 2.18. The van der Waals surface area contributed by atoms with Gasteiger partial charge in [0.05, 0.1) is 24.7 Å². The summed E-state index contributed by atoms with van der Waals surface area (Å²) in [7, 11) is 1.27. The van der Waals surface area contributed by atoms with Crippen LogP contribution < -0.4 is 10.9 Å². The van der Waals surface area contributed by atoms with Crippen LogP contribution in [-0.4, -0.2) is 18.2 Å². The molecule has 28 heavy (non-hydrogen) atoms. The van der Waals surface area contributed by atoms with Gasteiger partial charge in [-0.15, -0.1) is 0 Å². The van der Waals surface area contributed by atoms with Crippen molar-refractivity contribution in [3.8, 4) is 5.75 Å². The van der Waals surface area contributed by atoms with Gasteiger partial charge in [-0.25, -0.2) is 4.79 Å². The van der Waals surface area contributed by atoms with E-state index in [4.69, 9.17) is 16.0 Å². The van der Waals surface area contributed by atoms with E-state index < -0.39 is 11.6 Å². The summed E-state index contributed by atoms with van der Waals surface area (Å²) in [6.07, 6.45) is -0.161. The number of aromatic hydroxyl groups is 1. The summed E-state index contributed by atoms with van der Waals surface area (Å²) in [5, 5.41) is 14.8. The van der Waals surface area contributed by atoms with Gasteiger partial charge in [0, 0.05) is 23.5 Å². The highest BCUT2D eigenvalue weighted by molar-refractivity contribution is 6.30. The fourth-order valence-corrected chi connectivity index (χ4v) is 3.15. The second kappa shape index (κ2) is 8.46. The molecule has 0 saturated heterocycles. The number of esters is 1. The molecule has 2 aromatic carbocycles. The average molecular weight is 402 g/mol. The topological polar surface area (TPSA) is 88.8 Å². The lowest BCUT2D eigenvalue weighted by atomic mass is 10.0. The van der Waals surface area contributed by atoms with Crippen LogP contribution in [0.5, 0.6) is 5.75 Å². The number of benzene rings is 2. The summed E-state index contributed by atoms with van der Waals surface area (Å²) in [6, 6.07) is 10.6. The molecule has 0 fully saturated rings. The molecule has 0 amide bonds. The maximum absolute atomic E-state index is 12.4. The number of rotatable bonds is 6. The SMILES string of the molecule is COC(=O)Cc1c(C)c2ccc(O)c(CNCc3ccc(Cl)cc3)c2oc1=O. The zero-order valence-electron chi connectivity index (χ0n) is 15.5. The Morgan fingerprint density at radius 3 is 2.54 bits per heavy atom. The first-order valence-electron chi connectivity index (χ1n) is 8.69. The first kappa shape index (κ1) is 19.9. The standard InChI is InChI=1S/C21H20ClNO5/c1-12-15-7-8-18(24)17(11-23-10-13-3-5-14(22)6-4-13)20(15)28-21(26)16(12)9-19(25)27-2/h3-8,23-24H,9-11H2,1-2H3. The van der Waals surface area contributed by atoms with Crippen molar-refractivity contribution in [1.29, 1.82) is 0 Å². The Morgan fingerprint density at radius 2 is 1.86 bits per heavy atom. The quantitative estimate of drug-likeness (QED) is 0.485. The molecule has 3 rings (SSSR count). The van der Waals surface area contributed by atoms with Gasteiger partial charge < -0.3 is 19.6 Å². The zero-order chi connectivity index (χ0) is 20.3. The Bertz CT molecular complexity index is 1070. The van der Waals surface area contributed by atoms with E-state index in [1.807, 2.05) is 12.1 Å². The number of aryl methyl sites for hydroxylation is 1. The van der Waals surface area contributed by atoms with Crippen molar-refractivity contribution in [3.63, 3.8) is 0 Å². The molecule has 3 aromatic rings. The van der Waals surface area contributed by atoms with Crippen LogP contribution in [-0.2, 0) is 29.0 Å². The van der Waals surface area contributed by atoms with Crippen LogP contribution in [0.3, 0.4) is 0 Å². The van der Waals surface area contributed by atoms with Crippen LogP contribution in [0.25, 0.3) is 11.0 Å². The Hall–Kier alpha value is -2.83. The molecule has 146 valence electrons. The van der Waals surface area contributed by atoms with Gasteiger partial charge in [0.25, 0.3) is 0 Å². The molecule has 0 spiro atoms. The molecule has 0 atom stereocenters. The minimum atomic E-state index is -0.611. The lowest BCUT2D eigenvalue weighted by Crippen LogP contribution is -2.17. The van der Waals surface area contributed by atoms with E-state index in [-0.39, 0.29) is 17.7 Å². The van der Waals surface area contributed by atoms with Gasteiger partial charge in [0.15, 0.2) is 0 Å². The number of carbonyl (C=O) groups excluding carboxylic acids is 1. The normalized spacial score (nSPS) is 11.0. The van der Waals surface area contributed by atoms with Crippen molar-refractivity contribution in [2.24, 2.45) is 0 Å². The second-order valence-corrected chi connectivity index (χ2v) is 6.85. The molecule has 1 aromatic heterocycles. The number of ether oxygens (including phenoxy) is 1. The first-order valence-corrected chi connectivity index (χ1v) is 9.07. The Kier molecular flexibility index (Phi) is 6.02. The number of phenolic OH excluding ortho intramolecular Hbond substituents is 1. The fourth-order valence-electron chi connectivity index (χ4n) is 3.03. The molecule has 1 heterocycles. The van der Waals surface area contributed by atoms with Crippen molar-refractivity contribution in [2.45, 2.75) is 26.4 Å². The number of fused-ring (bicyclic) bond motifs is 1. The first-order chi connectivity index (χ1) is 13.4. The molecule has 0 radical (unpaired) electrons. The van der Waals surface area contributed by atoms with Gasteiger partial charge >= 0.3 is 11.6 Å². The number of hydrogen-bond acceptors (Lipinski definition) is 6. The summed E-state index contributed by atoms with van der Waals surface area (Å²) in [4.78, 5) is 24.0. The van der Waals surface area contributed by atoms with E-state index >= 15 is 0 Å². The van der Waals surface area contributed by atoms with Gasteiger partial charge in [0.2, 0.25) is 0 Å². The highest BCUT2D eigenvalue weighted by atomic mass is 35.5. The summed E-state index contributed by atoms with van der Waals surface area (Å²) < 4.78 is 10.1. The van der Waals surface area contributed by atoms with E-state index in [1.165, 1.54) is 7.11 Å². The van der Waals surface area contributed by atoms with E-state index in [0.717, 1.165) is 5.56 Å². The lowest BCUT2D eigenvalue weighted by Gasteiger charge is -2.12. The Balaban J connectivity index is 1.91. The lowest BCUT2D eigenvalue weighted by molar-refractivity contribution is -0.139. The molecule has 0 aliphatic rings. The van der Waals surface area contributed by atoms with Crippen LogP contribution in [0.4, 0.5) is 0 Å². The molecule has 0 unspecified atom stereocenters. The number of methoxy groups -OCH3 is 1. The van der Waals surface area contributed by atoms with Crippen LogP contribution in [0.2, 0.25) is 5.02 Å². The molecule has 0 bridgehead atoms. The minimum Gasteiger partial charge on any atom is -0.507 e. The third-order valence-corrected chi connectivity index (χ3v) is 4.88. The number of nitrogens with one attached hydrogen (secondary N) is 1. The smallest absolute Gasteiger partial charge is 0.340 e. The van der Waals surface area contributed by atoms with Crippen molar-refractivity contribution in [3.05, 3.63) is 74.1 Å².